The van der Waals surface area contributed by atoms with Crippen LogP contribution >= 0.6 is 0 Å². The lowest BCUT2D eigenvalue weighted by Crippen LogP contribution is -2.58. The van der Waals surface area contributed by atoms with Crippen LogP contribution in [0.5, 0.6) is 0 Å². The van der Waals surface area contributed by atoms with Gasteiger partial charge in [-0.15, -0.1) is 0 Å². The third kappa shape index (κ3) is 2.34. The minimum atomic E-state index is 0.829. The van der Waals surface area contributed by atoms with E-state index in [1.165, 1.54) is 71.0 Å². The molecule has 3 saturated heterocycles. The summed E-state index contributed by atoms with van der Waals surface area (Å²) in [5.74, 6) is 3.20. The fraction of sp³-hybridized carbons (Fsp3) is 1.00. The molecule has 2 saturated carbocycles. The van der Waals surface area contributed by atoms with Gasteiger partial charge < -0.3 is 10.2 Å². The molecule has 3 heterocycles. The van der Waals surface area contributed by atoms with E-state index in [2.05, 4.69) is 10.2 Å². The Labute approximate surface area is 111 Å². The molecular formula is C16H28N2. The summed E-state index contributed by atoms with van der Waals surface area (Å²) in [6.07, 6.45) is 11.9. The molecule has 3 atom stereocenters. The van der Waals surface area contributed by atoms with Crippen molar-refractivity contribution in [2.24, 2.45) is 17.8 Å². The number of fused-ring (bicyclic) bond motifs is 3. The Balaban J connectivity index is 1.33. The summed E-state index contributed by atoms with van der Waals surface area (Å²) in [4.78, 5) is 2.68. The van der Waals surface area contributed by atoms with E-state index >= 15 is 0 Å². The molecule has 0 spiro atoms. The second kappa shape index (κ2) is 4.79. The predicted molar refractivity (Wildman–Crippen MR) is 74.6 cm³/mol. The van der Waals surface area contributed by atoms with Gasteiger partial charge in [0.1, 0.15) is 0 Å². The molecule has 0 aromatic heterocycles. The van der Waals surface area contributed by atoms with Crippen molar-refractivity contribution in [1.29, 1.82) is 0 Å². The molecule has 0 aromatic carbocycles. The highest BCUT2D eigenvalue weighted by Crippen LogP contribution is 2.44. The first kappa shape index (κ1) is 11.7. The standard InChI is InChI=1S/C16H28N2/c1-2-14(12-4-5-12)10-15(3-1)17-16-11-18-8-6-13(16)7-9-18/h12-17H,1-11H2. The average molecular weight is 248 g/mol. The Bertz CT molecular complexity index is 291. The maximum Gasteiger partial charge on any atom is 0.0226 e. The van der Waals surface area contributed by atoms with Gasteiger partial charge >= 0.3 is 0 Å². The van der Waals surface area contributed by atoms with E-state index in [1.54, 1.807) is 0 Å². The molecule has 5 aliphatic rings. The van der Waals surface area contributed by atoms with E-state index in [4.69, 9.17) is 0 Å². The summed E-state index contributed by atoms with van der Waals surface area (Å²) in [6.45, 7) is 4.09. The van der Waals surface area contributed by atoms with Crippen LogP contribution in [0.15, 0.2) is 0 Å². The lowest BCUT2D eigenvalue weighted by Gasteiger charge is -2.47. The minimum absolute atomic E-state index is 0.829. The van der Waals surface area contributed by atoms with E-state index in [1.807, 2.05) is 0 Å². The predicted octanol–water partition coefficient (Wildman–Crippen LogP) is 2.64. The van der Waals surface area contributed by atoms with Crippen LogP contribution in [0.2, 0.25) is 0 Å². The van der Waals surface area contributed by atoms with Crippen molar-refractivity contribution in [2.45, 2.75) is 63.5 Å². The van der Waals surface area contributed by atoms with Crippen LogP contribution in [-0.2, 0) is 0 Å². The van der Waals surface area contributed by atoms with Gasteiger partial charge in [-0.05, 0) is 69.4 Å². The SMILES string of the molecule is C1CC(NC2CN3CCC2CC3)CC(C2CC2)C1. The van der Waals surface area contributed by atoms with Crippen molar-refractivity contribution in [2.75, 3.05) is 19.6 Å². The third-order valence-corrected chi connectivity index (χ3v) is 6.11. The number of nitrogens with zero attached hydrogens (tertiary/aromatic N) is 1. The quantitative estimate of drug-likeness (QED) is 0.826. The summed E-state index contributed by atoms with van der Waals surface area (Å²) < 4.78 is 0. The first-order valence-corrected chi connectivity index (χ1v) is 8.37. The molecule has 5 rings (SSSR count). The minimum Gasteiger partial charge on any atom is -0.310 e. The lowest BCUT2D eigenvalue weighted by atomic mass is 9.80. The van der Waals surface area contributed by atoms with Crippen LogP contribution < -0.4 is 5.32 Å². The summed E-state index contributed by atoms with van der Waals surface area (Å²) in [5, 5.41) is 4.06. The topological polar surface area (TPSA) is 15.3 Å². The molecule has 0 aromatic rings. The number of nitrogens with one attached hydrogen (secondary N) is 1. The monoisotopic (exact) mass is 248 g/mol. The Kier molecular flexibility index (Phi) is 3.12. The second-order valence-electron chi connectivity index (χ2n) is 7.37. The lowest BCUT2D eigenvalue weighted by molar-refractivity contribution is 0.0612. The van der Waals surface area contributed by atoms with Crippen molar-refractivity contribution < 1.29 is 0 Å². The van der Waals surface area contributed by atoms with Crippen LogP contribution in [0.25, 0.3) is 0 Å². The Morgan fingerprint density at radius 2 is 1.61 bits per heavy atom. The summed E-state index contributed by atoms with van der Waals surface area (Å²) in [6, 6.07) is 1.69. The van der Waals surface area contributed by atoms with Gasteiger partial charge in [0.2, 0.25) is 0 Å². The van der Waals surface area contributed by atoms with Crippen molar-refractivity contribution in [3.63, 3.8) is 0 Å². The highest BCUT2D eigenvalue weighted by atomic mass is 15.2. The van der Waals surface area contributed by atoms with Gasteiger partial charge in [-0.2, -0.15) is 0 Å². The van der Waals surface area contributed by atoms with Gasteiger partial charge in [0.05, 0.1) is 0 Å². The summed E-state index contributed by atoms with van der Waals surface area (Å²) in [7, 11) is 0. The average Bonchev–Trinajstić information content (AvgIpc) is 3.25. The van der Waals surface area contributed by atoms with Crippen LogP contribution in [0.4, 0.5) is 0 Å². The normalized spacial score (nSPS) is 48.3. The number of rotatable bonds is 3. The van der Waals surface area contributed by atoms with Gasteiger partial charge in [-0.1, -0.05) is 12.8 Å². The molecule has 1 N–H and O–H groups in total. The van der Waals surface area contributed by atoms with Gasteiger partial charge in [-0.25, -0.2) is 0 Å². The fourth-order valence-corrected chi connectivity index (χ4v) is 4.83. The fourth-order valence-electron chi connectivity index (χ4n) is 4.83. The molecule has 0 amide bonds. The van der Waals surface area contributed by atoms with Gasteiger partial charge in [0.15, 0.2) is 0 Å². The van der Waals surface area contributed by atoms with Crippen LogP contribution in [-0.4, -0.2) is 36.6 Å². The summed E-state index contributed by atoms with van der Waals surface area (Å²) >= 11 is 0. The zero-order chi connectivity index (χ0) is 11.9. The van der Waals surface area contributed by atoms with E-state index in [9.17, 15) is 0 Å². The maximum atomic E-state index is 4.06. The molecular weight excluding hydrogens is 220 g/mol. The van der Waals surface area contributed by atoms with Crippen molar-refractivity contribution >= 4 is 0 Å². The molecule has 2 aliphatic carbocycles. The molecule has 102 valence electrons. The molecule has 2 bridgehead atoms. The zero-order valence-electron chi connectivity index (χ0n) is 11.6. The highest BCUT2D eigenvalue weighted by molar-refractivity contribution is 4.94. The first-order chi connectivity index (χ1) is 8.88. The van der Waals surface area contributed by atoms with Crippen molar-refractivity contribution in [1.82, 2.24) is 10.2 Å². The molecule has 5 fully saturated rings. The number of hydrogen-bond acceptors (Lipinski definition) is 2. The molecule has 2 heteroatoms. The van der Waals surface area contributed by atoms with Gasteiger partial charge in [-0.3, -0.25) is 0 Å². The molecule has 2 nitrogen and oxygen atoms in total. The van der Waals surface area contributed by atoms with Crippen LogP contribution in [0.1, 0.15) is 51.4 Å². The van der Waals surface area contributed by atoms with Crippen molar-refractivity contribution in [3.05, 3.63) is 0 Å². The second-order valence-corrected chi connectivity index (χ2v) is 7.37. The van der Waals surface area contributed by atoms with E-state index in [-0.39, 0.29) is 0 Å². The molecule has 3 unspecified atom stereocenters. The zero-order valence-corrected chi connectivity index (χ0v) is 11.6. The first-order valence-electron chi connectivity index (χ1n) is 8.37. The largest absolute Gasteiger partial charge is 0.310 e. The van der Waals surface area contributed by atoms with Gasteiger partial charge in [0.25, 0.3) is 0 Å². The summed E-state index contributed by atoms with van der Waals surface area (Å²) in [5.41, 5.74) is 0. The highest BCUT2D eigenvalue weighted by Gasteiger charge is 2.38. The maximum absolute atomic E-state index is 4.06. The smallest absolute Gasteiger partial charge is 0.0226 e. The number of piperidine rings is 3. The molecule has 18 heavy (non-hydrogen) atoms. The number of hydrogen-bond donors (Lipinski definition) is 1. The molecule has 3 aliphatic heterocycles. The van der Waals surface area contributed by atoms with Gasteiger partial charge in [0, 0.05) is 18.6 Å². The van der Waals surface area contributed by atoms with Crippen LogP contribution in [0.3, 0.4) is 0 Å². The van der Waals surface area contributed by atoms with E-state index in [0.29, 0.717) is 0 Å². The Morgan fingerprint density at radius 1 is 0.778 bits per heavy atom. The van der Waals surface area contributed by atoms with E-state index in [0.717, 1.165) is 29.8 Å². The van der Waals surface area contributed by atoms with Crippen LogP contribution in [0, 0.1) is 17.8 Å². The van der Waals surface area contributed by atoms with Crippen molar-refractivity contribution in [3.8, 4) is 0 Å². The molecule has 0 radical (unpaired) electrons. The third-order valence-electron chi connectivity index (χ3n) is 6.11. The Morgan fingerprint density at radius 3 is 2.28 bits per heavy atom. The Hall–Kier alpha value is -0.0800. The van der Waals surface area contributed by atoms with E-state index < -0.39 is 0 Å².